The number of halogens is 1. The summed E-state index contributed by atoms with van der Waals surface area (Å²) in [7, 11) is 0. The lowest BCUT2D eigenvalue weighted by molar-refractivity contribution is -0.130. The molecule has 0 aromatic rings. The van der Waals surface area contributed by atoms with Gasteiger partial charge in [0.1, 0.15) is 0 Å². The van der Waals surface area contributed by atoms with Crippen LogP contribution in [0.2, 0.25) is 0 Å². The molecule has 1 amide bonds. The molecule has 0 saturated carbocycles. The van der Waals surface area contributed by atoms with E-state index in [0.29, 0.717) is 11.9 Å². The molecule has 1 atom stereocenters. The number of fused-ring (bicyclic) bond motifs is 1. The number of rotatable bonds is 5. The van der Waals surface area contributed by atoms with E-state index in [4.69, 9.17) is 0 Å². The second-order valence-corrected chi connectivity index (χ2v) is 5.62. The summed E-state index contributed by atoms with van der Waals surface area (Å²) >= 11 is 3.46. The van der Waals surface area contributed by atoms with Crippen LogP contribution in [0.1, 0.15) is 32.1 Å². The molecule has 2 heterocycles. The molecule has 0 aromatic carbocycles. The van der Waals surface area contributed by atoms with Gasteiger partial charge in [-0.3, -0.25) is 9.69 Å². The molecule has 3 nitrogen and oxygen atoms in total. The standard InChI is InChI=1S/C12H21BrN2O/c13-6-2-1-3-7-14-8-9-15-11(10-14)4-5-12(15)16/h11H,1-10H2. The number of amides is 1. The van der Waals surface area contributed by atoms with Crippen molar-refractivity contribution < 1.29 is 4.79 Å². The summed E-state index contributed by atoms with van der Waals surface area (Å²) in [5.41, 5.74) is 0. The molecule has 16 heavy (non-hydrogen) atoms. The highest BCUT2D eigenvalue weighted by Gasteiger charge is 2.34. The highest BCUT2D eigenvalue weighted by Crippen LogP contribution is 2.22. The van der Waals surface area contributed by atoms with Gasteiger partial charge in [0.15, 0.2) is 0 Å². The van der Waals surface area contributed by atoms with E-state index in [-0.39, 0.29) is 0 Å². The van der Waals surface area contributed by atoms with Gasteiger partial charge in [-0.2, -0.15) is 0 Å². The molecule has 2 fully saturated rings. The van der Waals surface area contributed by atoms with Gasteiger partial charge in [-0.1, -0.05) is 22.4 Å². The number of hydrogen-bond donors (Lipinski definition) is 0. The van der Waals surface area contributed by atoms with Crippen LogP contribution < -0.4 is 0 Å². The van der Waals surface area contributed by atoms with Gasteiger partial charge in [-0.15, -0.1) is 0 Å². The van der Waals surface area contributed by atoms with Gasteiger partial charge in [0.2, 0.25) is 5.91 Å². The van der Waals surface area contributed by atoms with Crippen LogP contribution in [0.4, 0.5) is 0 Å². The Bertz CT molecular complexity index is 247. The number of nitrogens with zero attached hydrogens (tertiary/aromatic N) is 2. The zero-order chi connectivity index (χ0) is 11.4. The van der Waals surface area contributed by atoms with Crippen LogP contribution in [0, 0.1) is 0 Å². The van der Waals surface area contributed by atoms with Gasteiger partial charge in [-0.05, 0) is 25.8 Å². The lowest BCUT2D eigenvalue weighted by Crippen LogP contribution is -2.51. The first-order chi connectivity index (χ1) is 7.81. The minimum absolute atomic E-state index is 0.379. The lowest BCUT2D eigenvalue weighted by atomic mass is 10.1. The van der Waals surface area contributed by atoms with Gasteiger partial charge in [-0.25, -0.2) is 0 Å². The Morgan fingerprint density at radius 3 is 2.94 bits per heavy atom. The first-order valence-corrected chi connectivity index (χ1v) is 7.51. The highest BCUT2D eigenvalue weighted by atomic mass is 79.9. The van der Waals surface area contributed by atoms with E-state index in [1.54, 1.807) is 0 Å². The normalized spacial score (nSPS) is 26.2. The molecule has 0 aliphatic carbocycles. The average Bonchev–Trinajstić information content (AvgIpc) is 2.66. The van der Waals surface area contributed by atoms with Gasteiger partial charge >= 0.3 is 0 Å². The molecule has 0 radical (unpaired) electrons. The Hall–Kier alpha value is -0.0900. The van der Waals surface area contributed by atoms with Crippen molar-refractivity contribution in [1.29, 1.82) is 0 Å². The fourth-order valence-electron chi connectivity index (χ4n) is 2.74. The summed E-state index contributed by atoms with van der Waals surface area (Å²) < 4.78 is 0. The Morgan fingerprint density at radius 1 is 1.25 bits per heavy atom. The van der Waals surface area contributed by atoms with Crippen molar-refractivity contribution in [3.63, 3.8) is 0 Å². The predicted octanol–water partition coefficient (Wildman–Crippen LogP) is 1.86. The monoisotopic (exact) mass is 288 g/mol. The summed E-state index contributed by atoms with van der Waals surface area (Å²) in [6.07, 6.45) is 5.75. The van der Waals surface area contributed by atoms with Crippen LogP contribution in [-0.2, 0) is 4.79 Å². The number of alkyl halides is 1. The van der Waals surface area contributed by atoms with E-state index in [2.05, 4.69) is 25.7 Å². The van der Waals surface area contributed by atoms with E-state index in [1.165, 1.54) is 25.8 Å². The second-order valence-electron chi connectivity index (χ2n) is 4.83. The van der Waals surface area contributed by atoms with Gasteiger partial charge in [0.05, 0.1) is 0 Å². The first kappa shape index (κ1) is 12.4. The molecular formula is C12H21BrN2O. The number of carbonyl (C=O) groups is 1. The molecule has 1 unspecified atom stereocenters. The van der Waals surface area contributed by atoms with E-state index >= 15 is 0 Å². The lowest BCUT2D eigenvalue weighted by Gasteiger charge is -2.37. The molecule has 0 aromatic heterocycles. The summed E-state index contributed by atoms with van der Waals surface area (Å²) in [5.74, 6) is 0.379. The molecule has 0 bridgehead atoms. The van der Waals surface area contributed by atoms with Crippen molar-refractivity contribution in [2.45, 2.75) is 38.1 Å². The smallest absolute Gasteiger partial charge is 0.222 e. The molecule has 2 saturated heterocycles. The van der Waals surface area contributed by atoms with Crippen LogP contribution >= 0.6 is 15.9 Å². The quantitative estimate of drug-likeness (QED) is 0.570. The van der Waals surface area contributed by atoms with Crippen LogP contribution in [0.5, 0.6) is 0 Å². The van der Waals surface area contributed by atoms with E-state index in [0.717, 1.165) is 37.8 Å². The summed E-state index contributed by atoms with van der Waals surface area (Å²) in [5, 5.41) is 1.12. The Morgan fingerprint density at radius 2 is 2.12 bits per heavy atom. The van der Waals surface area contributed by atoms with Gasteiger partial charge in [0.25, 0.3) is 0 Å². The molecule has 0 spiro atoms. The minimum atomic E-state index is 0.379. The van der Waals surface area contributed by atoms with Crippen molar-refractivity contribution >= 4 is 21.8 Å². The zero-order valence-electron chi connectivity index (χ0n) is 9.83. The van der Waals surface area contributed by atoms with E-state index in [9.17, 15) is 4.79 Å². The van der Waals surface area contributed by atoms with Crippen molar-refractivity contribution in [3.8, 4) is 0 Å². The SMILES string of the molecule is O=C1CCC2CN(CCCCCBr)CCN12. The van der Waals surface area contributed by atoms with E-state index < -0.39 is 0 Å². The van der Waals surface area contributed by atoms with Crippen LogP contribution in [0.3, 0.4) is 0 Å². The van der Waals surface area contributed by atoms with Crippen LogP contribution in [0.15, 0.2) is 0 Å². The van der Waals surface area contributed by atoms with E-state index in [1.807, 2.05) is 0 Å². The van der Waals surface area contributed by atoms with Gasteiger partial charge in [0, 0.05) is 37.4 Å². The van der Waals surface area contributed by atoms with Crippen LogP contribution in [-0.4, -0.2) is 53.3 Å². The van der Waals surface area contributed by atoms with Gasteiger partial charge < -0.3 is 4.90 Å². The van der Waals surface area contributed by atoms with Crippen molar-refractivity contribution in [2.75, 3.05) is 31.5 Å². The van der Waals surface area contributed by atoms with Crippen LogP contribution in [0.25, 0.3) is 0 Å². The highest BCUT2D eigenvalue weighted by molar-refractivity contribution is 9.09. The Labute approximate surface area is 106 Å². The fraction of sp³-hybridized carbons (Fsp3) is 0.917. The predicted molar refractivity (Wildman–Crippen MR) is 68.8 cm³/mol. The van der Waals surface area contributed by atoms with Crippen molar-refractivity contribution in [3.05, 3.63) is 0 Å². The maximum Gasteiger partial charge on any atom is 0.222 e. The third-order valence-electron chi connectivity index (χ3n) is 3.69. The minimum Gasteiger partial charge on any atom is -0.337 e. The largest absolute Gasteiger partial charge is 0.337 e. The Balaban J connectivity index is 1.68. The number of carbonyl (C=O) groups excluding carboxylic acids is 1. The average molecular weight is 289 g/mol. The maximum atomic E-state index is 11.5. The third kappa shape index (κ3) is 2.98. The summed E-state index contributed by atoms with van der Waals surface area (Å²) in [4.78, 5) is 16.1. The number of piperazine rings is 1. The van der Waals surface area contributed by atoms with Crippen molar-refractivity contribution in [2.24, 2.45) is 0 Å². The number of unbranched alkanes of at least 4 members (excludes halogenated alkanes) is 2. The molecule has 2 aliphatic rings. The molecule has 2 aliphatic heterocycles. The van der Waals surface area contributed by atoms with Crippen molar-refractivity contribution in [1.82, 2.24) is 9.80 Å². The molecular weight excluding hydrogens is 268 g/mol. The molecule has 2 rings (SSSR count). The summed E-state index contributed by atoms with van der Waals surface area (Å²) in [6.45, 7) is 4.37. The molecule has 92 valence electrons. The molecule has 0 N–H and O–H groups in total. The molecule has 4 heteroatoms. The third-order valence-corrected chi connectivity index (χ3v) is 4.25. The maximum absolute atomic E-state index is 11.5. The number of hydrogen-bond acceptors (Lipinski definition) is 2. The summed E-state index contributed by atoms with van der Waals surface area (Å²) in [6, 6.07) is 0.525. The second kappa shape index (κ2) is 6.01. The topological polar surface area (TPSA) is 23.6 Å². The first-order valence-electron chi connectivity index (χ1n) is 6.39. The fourth-order valence-corrected chi connectivity index (χ4v) is 3.14. The zero-order valence-corrected chi connectivity index (χ0v) is 11.4. The Kier molecular flexibility index (Phi) is 4.65.